The predicted octanol–water partition coefficient (Wildman–Crippen LogP) is 3.24. The summed E-state index contributed by atoms with van der Waals surface area (Å²) in [4.78, 5) is 24.3. The number of hydrogen-bond acceptors (Lipinski definition) is 6. The lowest BCUT2D eigenvalue weighted by molar-refractivity contribution is -0.114. The van der Waals surface area contributed by atoms with Crippen LogP contribution in [-0.4, -0.2) is 46.2 Å². The van der Waals surface area contributed by atoms with Gasteiger partial charge in [-0.05, 0) is 36.4 Å². The van der Waals surface area contributed by atoms with Crippen molar-refractivity contribution in [1.29, 1.82) is 0 Å². The Morgan fingerprint density at radius 3 is 2.18 bits per heavy atom. The number of ether oxygens (including phenoxy) is 2. The minimum atomic E-state index is -4.15. The van der Waals surface area contributed by atoms with Crippen molar-refractivity contribution < 1.29 is 32.6 Å². The van der Waals surface area contributed by atoms with Crippen molar-refractivity contribution in [2.45, 2.75) is 4.90 Å². The molecule has 0 heterocycles. The van der Waals surface area contributed by atoms with Gasteiger partial charge >= 0.3 is 5.97 Å². The molecule has 0 atom stereocenters. The Morgan fingerprint density at radius 2 is 1.55 bits per heavy atom. The number of nitrogens with one attached hydrogen (secondary N) is 1. The Hall–Kier alpha value is -4.05. The van der Waals surface area contributed by atoms with Crippen molar-refractivity contribution in [1.82, 2.24) is 0 Å². The number of anilines is 2. The zero-order chi connectivity index (χ0) is 24.0. The van der Waals surface area contributed by atoms with Gasteiger partial charge in [0.15, 0.2) is 11.5 Å². The molecule has 0 saturated carbocycles. The highest BCUT2D eigenvalue weighted by molar-refractivity contribution is 7.92. The fourth-order valence-corrected chi connectivity index (χ4v) is 4.55. The number of benzene rings is 3. The third-order valence-electron chi connectivity index (χ3n) is 4.71. The number of methoxy groups -OCH3 is 2. The quantitative estimate of drug-likeness (QED) is 0.492. The maximum absolute atomic E-state index is 13.4. The van der Waals surface area contributed by atoms with Crippen molar-refractivity contribution >= 4 is 33.3 Å². The minimum absolute atomic E-state index is 0.0153. The maximum atomic E-state index is 13.4. The van der Waals surface area contributed by atoms with E-state index in [0.29, 0.717) is 5.75 Å². The average molecular weight is 471 g/mol. The lowest BCUT2D eigenvalue weighted by Crippen LogP contribution is -2.38. The molecule has 1 amide bonds. The van der Waals surface area contributed by atoms with Crippen molar-refractivity contribution in [2.24, 2.45) is 0 Å². The molecule has 9 nitrogen and oxygen atoms in total. The van der Waals surface area contributed by atoms with E-state index >= 15 is 0 Å². The molecule has 2 N–H and O–H groups in total. The Morgan fingerprint density at radius 1 is 0.909 bits per heavy atom. The van der Waals surface area contributed by atoms with Crippen LogP contribution in [0.4, 0.5) is 11.4 Å². The van der Waals surface area contributed by atoms with Gasteiger partial charge in [-0.15, -0.1) is 0 Å². The van der Waals surface area contributed by atoms with Crippen LogP contribution in [0, 0.1) is 0 Å². The molecule has 0 aliphatic carbocycles. The topological polar surface area (TPSA) is 122 Å². The van der Waals surface area contributed by atoms with E-state index in [2.05, 4.69) is 5.32 Å². The monoisotopic (exact) mass is 470 g/mol. The SMILES string of the molecule is COc1ccc(N(CC(=O)Nc2ccccc2C(=O)O)S(=O)(=O)c2ccccc2)cc1OC. The molecule has 3 aromatic rings. The van der Waals surface area contributed by atoms with Crippen LogP contribution in [0.15, 0.2) is 77.7 Å². The molecule has 0 bridgehead atoms. The molecule has 33 heavy (non-hydrogen) atoms. The number of carboxylic acid groups (broad SMARTS) is 1. The van der Waals surface area contributed by atoms with Crippen LogP contribution in [0.2, 0.25) is 0 Å². The molecule has 0 spiro atoms. The zero-order valence-corrected chi connectivity index (χ0v) is 18.7. The number of para-hydroxylation sites is 1. The largest absolute Gasteiger partial charge is 0.493 e. The van der Waals surface area contributed by atoms with Crippen molar-refractivity contribution in [2.75, 3.05) is 30.4 Å². The zero-order valence-electron chi connectivity index (χ0n) is 17.9. The third-order valence-corrected chi connectivity index (χ3v) is 6.49. The first kappa shape index (κ1) is 23.6. The van der Waals surface area contributed by atoms with Gasteiger partial charge in [-0.3, -0.25) is 9.10 Å². The summed E-state index contributed by atoms with van der Waals surface area (Å²) in [5.74, 6) is -1.28. The molecule has 10 heteroatoms. The van der Waals surface area contributed by atoms with Gasteiger partial charge in [0.1, 0.15) is 6.54 Å². The lowest BCUT2D eigenvalue weighted by Gasteiger charge is -2.25. The summed E-state index contributed by atoms with van der Waals surface area (Å²) in [7, 11) is -1.29. The summed E-state index contributed by atoms with van der Waals surface area (Å²) in [6.45, 7) is -0.610. The van der Waals surface area contributed by atoms with Crippen LogP contribution in [0.25, 0.3) is 0 Å². The van der Waals surface area contributed by atoms with E-state index in [1.165, 1.54) is 62.8 Å². The smallest absolute Gasteiger partial charge is 0.337 e. The highest BCUT2D eigenvalue weighted by atomic mass is 32.2. The molecule has 3 rings (SSSR count). The molecule has 0 fully saturated rings. The number of amides is 1. The number of carbonyl (C=O) groups is 2. The predicted molar refractivity (Wildman–Crippen MR) is 123 cm³/mol. The number of hydrogen-bond donors (Lipinski definition) is 2. The molecular formula is C23H22N2O7S. The van der Waals surface area contributed by atoms with Crippen LogP contribution in [0.1, 0.15) is 10.4 Å². The summed E-state index contributed by atoms with van der Waals surface area (Å²) >= 11 is 0. The lowest BCUT2D eigenvalue weighted by atomic mass is 10.2. The van der Waals surface area contributed by atoms with Crippen LogP contribution >= 0.6 is 0 Å². The molecule has 0 radical (unpaired) electrons. The first-order chi connectivity index (χ1) is 15.8. The second kappa shape index (κ2) is 10.0. The molecule has 0 aliphatic rings. The molecule has 3 aromatic carbocycles. The Balaban J connectivity index is 2.01. The van der Waals surface area contributed by atoms with Crippen LogP contribution in [0.5, 0.6) is 11.5 Å². The Bertz CT molecular complexity index is 1260. The number of rotatable bonds is 9. The molecule has 0 aromatic heterocycles. The summed E-state index contributed by atoms with van der Waals surface area (Å²) in [5, 5.41) is 11.8. The summed E-state index contributed by atoms with van der Waals surface area (Å²) < 4.78 is 38.3. The van der Waals surface area contributed by atoms with Crippen LogP contribution < -0.4 is 19.1 Å². The molecule has 172 valence electrons. The summed E-state index contributed by atoms with van der Waals surface area (Å²) in [6.07, 6.45) is 0. The maximum Gasteiger partial charge on any atom is 0.337 e. The van der Waals surface area contributed by atoms with E-state index in [-0.39, 0.29) is 27.6 Å². The van der Waals surface area contributed by atoms with Crippen LogP contribution in [-0.2, 0) is 14.8 Å². The van der Waals surface area contributed by atoms with Gasteiger partial charge in [-0.1, -0.05) is 30.3 Å². The number of carboxylic acids is 1. The van der Waals surface area contributed by atoms with E-state index in [4.69, 9.17) is 9.47 Å². The molecule has 0 aliphatic heterocycles. The molecule has 0 unspecified atom stereocenters. The second-order valence-corrected chi connectivity index (χ2v) is 8.63. The standard InChI is InChI=1S/C23H22N2O7S/c1-31-20-13-12-16(14-21(20)32-2)25(33(29,30)17-8-4-3-5-9-17)15-22(26)24-19-11-7-6-10-18(19)23(27)28/h3-14H,15H2,1-2H3,(H,24,26)(H,27,28). The first-order valence-electron chi connectivity index (χ1n) is 9.70. The van der Waals surface area contributed by atoms with E-state index in [1.807, 2.05) is 0 Å². The second-order valence-electron chi connectivity index (χ2n) is 6.76. The summed E-state index contributed by atoms with van der Waals surface area (Å²) in [6, 6.07) is 18.0. The highest BCUT2D eigenvalue weighted by Gasteiger charge is 2.28. The molecular weight excluding hydrogens is 448 g/mol. The van der Waals surface area contributed by atoms with Crippen molar-refractivity contribution in [3.63, 3.8) is 0 Å². The van der Waals surface area contributed by atoms with E-state index in [9.17, 15) is 23.1 Å². The molecule has 0 saturated heterocycles. The highest BCUT2D eigenvalue weighted by Crippen LogP contribution is 2.33. The number of nitrogens with zero attached hydrogens (tertiary/aromatic N) is 1. The Kier molecular flexibility index (Phi) is 7.19. The summed E-state index contributed by atoms with van der Waals surface area (Å²) in [5.41, 5.74) is 0.104. The van der Waals surface area contributed by atoms with Gasteiger partial charge in [-0.2, -0.15) is 0 Å². The van der Waals surface area contributed by atoms with Crippen molar-refractivity contribution in [3.8, 4) is 11.5 Å². The van der Waals surface area contributed by atoms with Crippen LogP contribution in [0.3, 0.4) is 0 Å². The fraction of sp³-hybridized carbons (Fsp3) is 0.130. The number of aromatic carboxylic acids is 1. The van der Waals surface area contributed by atoms with E-state index in [0.717, 1.165) is 4.31 Å². The van der Waals surface area contributed by atoms with Gasteiger partial charge in [-0.25, -0.2) is 13.2 Å². The Labute approximate surface area is 191 Å². The normalized spacial score (nSPS) is 10.8. The third kappa shape index (κ3) is 5.24. The van der Waals surface area contributed by atoms with Gasteiger partial charge in [0, 0.05) is 6.07 Å². The van der Waals surface area contributed by atoms with Crippen molar-refractivity contribution in [3.05, 3.63) is 78.4 Å². The average Bonchev–Trinajstić information content (AvgIpc) is 2.82. The minimum Gasteiger partial charge on any atom is -0.493 e. The number of carbonyl (C=O) groups excluding carboxylic acids is 1. The fourth-order valence-electron chi connectivity index (χ4n) is 3.11. The van der Waals surface area contributed by atoms with E-state index < -0.39 is 28.4 Å². The van der Waals surface area contributed by atoms with Gasteiger partial charge in [0.05, 0.1) is 36.1 Å². The van der Waals surface area contributed by atoms with Gasteiger partial charge in [0.25, 0.3) is 10.0 Å². The van der Waals surface area contributed by atoms with Gasteiger partial charge in [0.2, 0.25) is 5.91 Å². The van der Waals surface area contributed by atoms with Gasteiger partial charge < -0.3 is 19.9 Å². The number of sulfonamides is 1. The first-order valence-corrected chi connectivity index (χ1v) is 11.1. The van der Waals surface area contributed by atoms with E-state index in [1.54, 1.807) is 24.3 Å².